The van der Waals surface area contributed by atoms with Crippen molar-refractivity contribution in [3.63, 3.8) is 0 Å². The number of nitrogens with one attached hydrogen (secondary N) is 1. The molecule has 1 heterocycles. The van der Waals surface area contributed by atoms with Crippen LogP contribution < -0.4 is 5.56 Å². The number of H-pyrrole nitrogens is 1. The first-order valence-electron chi connectivity index (χ1n) is 8.30. The molecule has 0 aliphatic rings. The van der Waals surface area contributed by atoms with Gasteiger partial charge < -0.3 is 5.11 Å². The van der Waals surface area contributed by atoms with Crippen LogP contribution in [0.1, 0.15) is 31.0 Å². The van der Waals surface area contributed by atoms with E-state index in [0.717, 1.165) is 6.07 Å². The van der Waals surface area contributed by atoms with Crippen molar-refractivity contribution in [3.05, 3.63) is 80.3 Å². The number of rotatable bonds is 5. The van der Waals surface area contributed by atoms with Crippen LogP contribution in [-0.4, -0.2) is 26.0 Å². The zero-order valence-corrected chi connectivity index (χ0v) is 14.8. The van der Waals surface area contributed by atoms with Gasteiger partial charge in [0.15, 0.2) is 0 Å². The Labute approximate surface area is 154 Å². The first kappa shape index (κ1) is 18.1. The fourth-order valence-electron chi connectivity index (χ4n) is 2.65. The van der Waals surface area contributed by atoms with Crippen LogP contribution in [0.25, 0.3) is 5.69 Å². The number of hydrogen-bond donors (Lipinski definition) is 2. The zero-order valence-electron chi connectivity index (χ0n) is 14.8. The van der Waals surface area contributed by atoms with Crippen LogP contribution in [0.2, 0.25) is 0 Å². The molecule has 0 aliphatic heterocycles. The Morgan fingerprint density at radius 2 is 1.93 bits per heavy atom. The number of aromatic nitrogens is 2. The van der Waals surface area contributed by atoms with Crippen LogP contribution in [-0.2, 0) is 0 Å². The lowest BCUT2D eigenvalue weighted by Crippen LogP contribution is -2.17. The molecule has 0 saturated heterocycles. The molecule has 2 N–H and O–H groups in total. The van der Waals surface area contributed by atoms with E-state index in [1.807, 2.05) is 32.0 Å². The number of benzene rings is 2. The van der Waals surface area contributed by atoms with Gasteiger partial charge in [0.1, 0.15) is 11.4 Å². The molecule has 0 radical (unpaired) electrons. The van der Waals surface area contributed by atoms with Crippen molar-refractivity contribution in [2.24, 2.45) is 4.99 Å². The molecule has 8 nitrogen and oxygen atoms in total. The average Bonchev–Trinajstić information content (AvgIpc) is 2.98. The van der Waals surface area contributed by atoms with Gasteiger partial charge in [0.2, 0.25) is 0 Å². The number of aliphatic imine (C=N–C) groups is 1. The van der Waals surface area contributed by atoms with Crippen LogP contribution in [0.4, 0.5) is 11.4 Å². The number of para-hydroxylation sites is 1. The van der Waals surface area contributed by atoms with Crippen molar-refractivity contribution < 1.29 is 10.0 Å². The maximum Gasteiger partial charge on any atom is 0.280 e. The molecule has 3 rings (SSSR count). The monoisotopic (exact) mass is 366 g/mol. The molecule has 27 heavy (non-hydrogen) atoms. The highest BCUT2D eigenvalue weighted by Gasteiger charge is 2.17. The second-order valence-electron chi connectivity index (χ2n) is 6.26. The van der Waals surface area contributed by atoms with E-state index < -0.39 is 4.92 Å². The summed E-state index contributed by atoms with van der Waals surface area (Å²) < 4.78 is 1.42. The molecule has 8 heteroatoms. The molecular formula is C19H18N4O4. The molecule has 138 valence electrons. The van der Waals surface area contributed by atoms with E-state index in [4.69, 9.17) is 0 Å². The summed E-state index contributed by atoms with van der Waals surface area (Å²) in [6.07, 6.45) is 1.33. The van der Waals surface area contributed by atoms with E-state index in [0.29, 0.717) is 16.9 Å². The average molecular weight is 366 g/mol. The van der Waals surface area contributed by atoms with Crippen molar-refractivity contribution in [2.75, 3.05) is 0 Å². The fourth-order valence-corrected chi connectivity index (χ4v) is 2.65. The van der Waals surface area contributed by atoms with Crippen molar-refractivity contribution in [1.82, 2.24) is 9.78 Å². The fraction of sp³-hybridized carbons (Fsp3) is 0.158. The van der Waals surface area contributed by atoms with Gasteiger partial charge in [-0.2, -0.15) is 0 Å². The maximum atomic E-state index is 12.8. The number of phenolic OH excluding ortho intramolecular Hbond substituents is 1. The second-order valence-corrected chi connectivity index (χ2v) is 6.26. The number of nitro benzene ring substituents is 1. The highest BCUT2D eigenvalue weighted by atomic mass is 16.6. The second kappa shape index (κ2) is 7.28. The van der Waals surface area contributed by atoms with Crippen LogP contribution in [0, 0.1) is 10.1 Å². The molecule has 0 unspecified atom stereocenters. The Morgan fingerprint density at radius 1 is 1.22 bits per heavy atom. The number of nitro groups is 1. The number of phenols is 1. The van der Waals surface area contributed by atoms with Gasteiger partial charge in [-0.05, 0) is 24.1 Å². The lowest BCUT2D eigenvalue weighted by Gasteiger charge is -2.03. The first-order valence-corrected chi connectivity index (χ1v) is 8.30. The molecule has 2 aromatic carbocycles. The Balaban J connectivity index is 2.08. The first-order chi connectivity index (χ1) is 12.9. The Bertz CT molecular complexity index is 1070. The van der Waals surface area contributed by atoms with Crippen LogP contribution >= 0.6 is 0 Å². The van der Waals surface area contributed by atoms with Crippen LogP contribution in [0.3, 0.4) is 0 Å². The molecule has 0 fully saturated rings. The Kier molecular flexibility index (Phi) is 4.89. The molecule has 0 saturated carbocycles. The lowest BCUT2D eigenvalue weighted by molar-refractivity contribution is -0.384. The van der Waals surface area contributed by atoms with Crippen molar-refractivity contribution in [2.45, 2.75) is 19.8 Å². The predicted molar refractivity (Wildman–Crippen MR) is 102 cm³/mol. The van der Waals surface area contributed by atoms with Gasteiger partial charge in [-0.15, -0.1) is 0 Å². The quantitative estimate of drug-likeness (QED) is 0.407. The molecule has 0 amide bonds. The number of aromatic amines is 1. The van der Waals surface area contributed by atoms with E-state index in [2.05, 4.69) is 10.1 Å². The van der Waals surface area contributed by atoms with Crippen LogP contribution in [0.15, 0.2) is 58.3 Å². The standard InChI is InChI=1S/C19H18N4O4/c1-12(2)18-15(19(25)22(21-18)13-6-4-3-5-7-13)11-20-16-10-14(23(26)27)8-9-17(16)24/h3-12,21,24H,1-2H3. The maximum absolute atomic E-state index is 12.8. The van der Waals surface area contributed by atoms with Gasteiger partial charge in [0.05, 0.1) is 16.2 Å². The minimum absolute atomic E-state index is 0.0165. The summed E-state index contributed by atoms with van der Waals surface area (Å²) in [6.45, 7) is 3.87. The van der Waals surface area contributed by atoms with Crippen molar-refractivity contribution >= 4 is 17.6 Å². The summed E-state index contributed by atoms with van der Waals surface area (Å²) in [6, 6.07) is 12.7. The van der Waals surface area contributed by atoms with E-state index in [1.54, 1.807) is 12.1 Å². The molecular weight excluding hydrogens is 348 g/mol. The van der Waals surface area contributed by atoms with E-state index in [1.165, 1.54) is 23.0 Å². The molecule has 1 aromatic heterocycles. The van der Waals surface area contributed by atoms with Gasteiger partial charge in [0.25, 0.3) is 11.2 Å². The normalized spacial score (nSPS) is 11.4. The SMILES string of the molecule is CC(C)c1[nH]n(-c2ccccc2)c(=O)c1C=Nc1cc([N+](=O)[O-])ccc1O. The lowest BCUT2D eigenvalue weighted by atomic mass is 10.1. The smallest absolute Gasteiger partial charge is 0.280 e. The van der Waals surface area contributed by atoms with E-state index in [9.17, 15) is 20.0 Å². The Hall–Kier alpha value is -3.68. The van der Waals surface area contributed by atoms with Gasteiger partial charge in [-0.1, -0.05) is 32.0 Å². The highest BCUT2D eigenvalue weighted by molar-refractivity contribution is 5.84. The minimum Gasteiger partial charge on any atom is -0.506 e. The van der Waals surface area contributed by atoms with E-state index in [-0.39, 0.29) is 28.6 Å². The number of aromatic hydroxyl groups is 1. The van der Waals surface area contributed by atoms with Gasteiger partial charge in [0, 0.05) is 24.0 Å². The van der Waals surface area contributed by atoms with Gasteiger partial charge >= 0.3 is 0 Å². The summed E-state index contributed by atoms with van der Waals surface area (Å²) in [4.78, 5) is 27.3. The van der Waals surface area contributed by atoms with Crippen molar-refractivity contribution in [1.29, 1.82) is 0 Å². The third kappa shape index (κ3) is 3.64. The molecule has 0 bridgehead atoms. The summed E-state index contributed by atoms with van der Waals surface area (Å²) in [5.74, 6) is -0.190. The summed E-state index contributed by atoms with van der Waals surface area (Å²) >= 11 is 0. The molecule has 3 aromatic rings. The highest BCUT2D eigenvalue weighted by Crippen LogP contribution is 2.30. The van der Waals surface area contributed by atoms with Gasteiger partial charge in [-0.25, -0.2) is 4.68 Å². The summed E-state index contributed by atoms with van der Waals surface area (Å²) in [5.41, 5.74) is 1.23. The largest absolute Gasteiger partial charge is 0.506 e. The van der Waals surface area contributed by atoms with Crippen molar-refractivity contribution in [3.8, 4) is 11.4 Å². The predicted octanol–water partition coefficient (Wildman–Crippen LogP) is 3.65. The number of hydrogen-bond acceptors (Lipinski definition) is 5. The van der Waals surface area contributed by atoms with Crippen LogP contribution in [0.5, 0.6) is 5.75 Å². The van der Waals surface area contributed by atoms with E-state index >= 15 is 0 Å². The topological polar surface area (TPSA) is 114 Å². The number of non-ortho nitro benzene ring substituents is 1. The molecule has 0 spiro atoms. The number of nitrogens with zero attached hydrogens (tertiary/aromatic N) is 3. The third-order valence-corrected chi connectivity index (χ3v) is 4.05. The minimum atomic E-state index is -0.573. The Morgan fingerprint density at radius 3 is 2.56 bits per heavy atom. The molecule has 0 atom stereocenters. The summed E-state index contributed by atoms with van der Waals surface area (Å²) in [5, 5.41) is 23.9. The zero-order chi connectivity index (χ0) is 19.6. The summed E-state index contributed by atoms with van der Waals surface area (Å²) in [7, 11) is 0. The van der Waals surface area contributed by atoms with Gasteiger partial charge in [-0.3, -0.25) is 25.0 Å². The third-order valence-electron chi connectivity index (χ3n) is 4.05. The molecule has 0 aliphatic carbocycles.